The van der Waals surface area contributed by atoms with Gasteiger partial charge < -0.3 is 10.1 Å². The molecule has 0 aliphatic carbocycles. The molecule has 3 rings (SSSR count). The first-order valence-corrected chi connectivity index (χ1v) is 9.43. The number of amides is 1. The molecule has 0 aliphatic rings. The summed E-state index contributed by atoms with van der Waals surface area (Å²) in [5, 5.41) is 14.2. The van der Waals surface area contributed by atoms with Gasteiger partial charge in [0.1, 0.15) is 5.69 Å². The minimum Gasteiger partial charge on any atom is -0.449 e. The highest BCUT2D eigenvalue weighted by Crippen LogP contribution is 2.25. The maximum Gasteiger partial charge on any atom is 0.339 e. The Kier molecular flexibility index (Phi) is 6.06. The first-order chi connectivity index (χ1) is 14.3. The second-order valence-corrected chi connectivity index (χ2v) is 7.08. The molecule has 0 spiro atoms. The van der Waals surface area contributed by atoms with Gasteiger partial charge in [-0.15, -0.1) is 0 Å². The Labute approximate surface area is 173 Å². The summed E-state index contributed by atoms with van der Waals surface area (Å²) in [6.07, 6.45) is -1.16. The molecule has 0 saturated heterocycles. The highest BCUT2D eigenvalue weighted by molar-refractivity contribution is 6.05. The Balaban J connectivity index is 1.82. The summed E-state index contributed by atoms with van der Waals surface area (Å²) in [7, 11) is 0. The molecule has 1 N–H and O–H groups in total. The van der Waals surface area contributed by atoms with E-state index in [9.17, 15) is 19.7 Å². The monoisotopic (exact) mass is 407 g/mol. The number of para-hydroxylation sites is 3. The number of nitrogens with zero attached hydrogens (tertiary/aromatic N) is 2. The number of carbonyl (C=O) groups excluding carboxylic acids is 2. The van der Waals surface area contributed by atoms with Gasteiger partial charge in [-0.25, -0.2) is 4.79 Å². The summed E-state index contributed by atoms with van der Waals surface area (Å²) in [5.41, 5.74) is 1.50. The molecule has 2 aromatic carbocycles. The van der Waals surface area contributed by atoms with Crippen LogP contribution >= 0.6 is 0 Å². The summed E-state index contributed by atoms with van der Waals surface area (Å²) < 4.78 is 5.37. The zero-order valence-corrected chi connectivity index (χ0v) is 16.8. The Hall–Kier alpha value is -3.81. The van der Waals surface area contributed by atoms with E-state index in [0.29, 0.717) is 16.5 Å². The van der Waals surface area contributed by atoms with Gasteiger partial charge in [0.2, 0.25) is 0 Å². The Morgan fingerprint density at radius 1 is 1.07 bits per heavy atom. The molecule has 1 unspecified atom stereocenters. The van der Waals surface area contributed by atoms with Gasteiger partial charge in [-0.1, -0.05) is 44.2 Å². The van der Waals surface area contributed by atoms with E-state index >= 15 is 0 Å². The lowest BCUT2D eigenvalue weighted by molar-refractivity contribution is -0.383. The van der Waals surface area contributed by atoms with Gasteiger partial charge >= 0.3 is 5.97 Å². The third-order valence-corrected chi connectivity index (χ3v) is 4.56. The zero-order chi connectivity index (χ0) is 21.8. The van der Waals surface area contributed by atoms with E-state index in [-0.39, 0.29) is 17.3 Å². The van der Waals surface area contributed by atoms with Crippen LogP contribution in [0.2, 0.25) is 0 Å². The van der Waals surface area contributed by atoms with Crippen molar-refractivity contribution < 1.29 is 19.2 Å². The van der Waals surface area contributed by atoms with Crippen molar-refractivity contribution in [1.82, 2.24) is 4.98 Å². The maximum absolute atomic E-state index is 12.8. The smallest absolute Gasteiger partial charge is 0.339 e. The lowest BCUT2D eigenvalue weighted by Crippen LogP contribution is -2.30. The number of hydrogen-bond acceptors (Lipinski definition) is 6. The van der Waals surface area contributed by atoms with Gasteiger partial charge in [0.15, 0.2) is 6.10 Å². The number of ether oxygens (including phenoxy) is 1. The third-order valence-electron chi connectivity index (χ3n) is 4.56. The summed E-state index contributed by atoms with van der Waals surface area (Å²) in [4.78, 5) is 40.4. The number of anilines is 1. The van der Waals surface area contributed by atoms with Crippen LogP contribution in [0.3, 0.4) is 0 Å². The fraction of sp³-hybridized carbons (Fsp3) is 0.227. The van der Waals surface area contributed by atoms with Crippen LogP contribution in [0.15, 0.2) is 54.6 Å². The molecule has 3 aromatic rings. The van der Waals surface area contributed by atoms with E-state index in [1.54, 1.807) is 24.3 Å². The molecule has 1 aromatic heterocycles. The second-order valence-electron chi connectivity index (χ2n) is 7.08. The topological polar surface area (TPSA) is 111 Å². The van der Waals surface area contributed by atoms with Crippen molar-refractivity contribution in [3.8, 4) is 0 Å². The van der Waals surface area contributed by atoms with Crippen LogP contribution in [0.25, 0.3) is 10.9 Å². The highest BCUT2D eigenvalue weighted by Gasteiger charge is 2.24. The average Bonchev–Trinajstić information content (AvgIpc) is 2.72. The second kappa shape index (κ2) is 8.69. The molecule has 8 heteroatoms. The molecule has 8 nitrogen and oxygen atoms in total. The van der Waals surface area contributed by atoms with Crippen molar-refractivity contribution in [3.05, 3.63) is 76.0 Å². The van der Waals surface area contributed by atoms with Crippen LogP contribution in [0.4, 0.5) is 11.4 Å². The molecular formula is C22H21N3O5. The van der Waals surface area contributed by atoms with E-state index in [4.69, 9.17) is 4.74 Å². The first-order valence-electron chi connectivity index (χ1n) is 9.43. The van der Waals surface area contributed by atoms with Crippen molar-refractivity contribution in [3.63, 3.8) is 0 Å². The normalized spacial score (nSPS) is 11.9. The third kappa shape index (κ3) is 4.43. The molecule has 154 valence electrons. The standard InChI is InChI=1S/C22H21N3O5/c1-13(2)19-12-16(15-8-4-5-9-17(15)23-19)22(27)30-14(3)21(26)24-18-10-6-7-11-20(18)25(28)29/h4-14H,1-3H3,(H,24,26). The number of carbonyl (C=O) groups is 2. The van der Waals surface area contributed by atoms with E-state index in [0.717, 1.165) is 5.69 Å². The van der Waals surface area contributed by atoms with Crippen LogP contribution in [0.1, 0.15) is 42.7 Å². The number of pyridine rings is 1. The van der Waals surface area contributed by atoms with Gasteiger partial charge in [-0.3, -0.25) is 19.9 Å². The van der Waals surface area contributed by atoms with Crippen molar-refractivity contribution in [2.75, 3.05) is 5.32 Å². The SMILES string of the molecule is CC(OC(=O)c1cc(C(C)C)nc2ccccc12)C(=O)Nc1ccccc1[N+](=O)[O-]. The summed E-state index contributed by atoms with van der Waals surface area (Å²) in [6, 6.07) is 14.6. The number of nitrogens with one attached hydrogen (secondary N) is 1. The van der Waals surface area contributed by atoms with Crippen LogP contribution < -0.4 is 5.32 Å². The number of rotatable bonds is 6. The summed E-state index contributed by atoms with van der Waals surface area (Å²) in [6.45, 7) is 5.35. The summed E-state index contributed by atoms with van der Waals surface area (Å²) in [5.74, 6) is -1.23. The van der Waals surface area contributed by atoms with Crippen LogP contribution in [-0.4, -0.2) is 27.9 Å². The van der Waals surface area contributed by atoms with Crippen molar-refractivity contribution in [2.45, 2.75) is 32.8 Å². The van der Waals surface area contributed by atoms with E-state index in [1.165, 1.54) is 25.1 Å². The molecule has 1 atom stereocenters. The predicted molar refractivity (Wildman–Crippen MR) is 112 cm³/mol. The molecular weight excluding hydrogens is 386 g/mol. The molecule has 0 saturated carbocycles. The van der Waals surface area contributed by atoms with Crippen molar-refractivity contribution in [1.29, 1.82) is 0 Å². The lowest BCUT2D eigenvalue weighted by Gasteiger charge is -2.15. The predicted octanol–water partition coefficient (Wildman–Crippen LogP) is 4.45. The molecule has 0 radical (unpaired) electrons. The van der Waals surface area contributed by atoms with Gasteiger partial charge in [0, 0.05) is 17.1 Å². The largest absolute Gasteiger partial charge is 0.449 e. The maximum atomic E-state index is 12.8. The lowest BCUT2D eigenvalue weighted by atomic mass is 10.0. The number of aromatic nitrogens is 1. The fourth-order valence-corrected chi connectivity index (χ4v) is 2.91. The Bertz CT molecular complexity index is 1130. The first kappa shape index (κ1) is 20.9. The van der Waals surface area contributed by atoms with Gasteiger partial charge in [0.25, 0.3) is 11.6 Å². The van der Waals surface area contributed by atoms with Crippen molar-refractivity contribution >= 4 is 34.2 Å². The van der Waals surface area contributed by atoms with E-state index in [1.807, 2.05) is 26.0 Å². The number of fused-ring (bicyclic) bond motifs is 1. The number of benzene rings is 2. The van der Waals surface area contributed by atoms with Gasteiger partial charge in [-0.05, 0) is 31.0 Å². The highest BCUT2D eigenvalue weighted by atomic mass is 16.6. The minimum atomic E-state index is -1.16. The number of esters is 1. The molecule has 1 amide bonds. The molecule has 30 heavy (non-hydrogen) atoms. The molecule has 0 aliphatic heterocycles. The van der Waals surface area contributed by atoms with Gasteiger partial charge in [0.05, 0.1) is 16.0 Å². The number of nitro benzene ring substituents is 1. The quantitative estimate of drug-likeness (QED) is 0.367. The van der Waals surface area contributed by atoms with Crippen LogP contribution in [0.5, 0.6) is 0 Å². The van der Waals surface area contributed by atoms with E-state index in [2.05, 4.69) is 10.3 Å². The van der Waals surface area contributed by atoms with Crippen molar-refractivity contribution in [2.24, 2.45) is 0 Å². The average molecular weight is 407 g/mol. The van der Waals surface area contributed by atoms with Crippen LogP contribution in [0, 0.1) is 10.1 Å². The minimum absolute atomic E-state index is 0.0341. The molecule has 0 fully saturated rings. The number of hydrogen-bond donors (Lipinski definition) is 1. The zero-order valence-electron chi connectivity index (χ0n) is 16.8. The van der Waals surface area contributed by atoms with Crippen LogP contribution in [-0.2, 0) is 9.53 Å². The molecule has 1 heterocycles. The Morgan fingerprint density at radius 2 is 1.73 bits per heavy atom. The van der Waals surface area contributed by atoms with Gasteiger partial charge in [-0.2, -0.15) is 0 Å². The molecule has 0 bridgehead atoms. The Morgan fingerprint density at radius 3 is 2.43 bits per heavy atom. The number of nitro groups is 1. The summed E-state index contributed by atoms with van der Waals surface area (Å²) >= 11 is 0. The van der Waals surface area contributed by atoms with E-state index < -0.39 is 22.9 Å². The fourth-order valence-electron chi connectivity index (χ4n) is 2.91.